The SMILES string of the molecule is Nc1ccnc2c1ncn2[C@@H]1O[C@@](CO)(CCl)[C@@H](O)[C@H]1O. The van der Waals surface area contributed by atoms with E-state index in [4.69, 9.17) is 22.1 Å². The Morgan fingerprint density at radius 1 is 1.43 bits per heavy atom. The summed E-state index contributed by atoms with van der Waals surface area (Å²) in [5.74, 6) is -0.166. The van der Waals surface area contributed by atoms with Gasteiger partial charge >= 0.3 is 0 Å². The normalized spacial score (nSPS) is 32.9. The molecule has 1 saturated heterocycles. The molecule has 4 atom stereocenters. The number of alkyl halides is 1. The largest absolute Gasteiger partial charge is 0.397 e. The maximum atomic E-state index is 10.2. The second kappa shape index (κ2) is 5.08. The van der Waals surface area contributed by atoms with Gasteiger partial charge in [0.05, 0.1) is 24.5 Å². The molecule has 3 rings (SSSR count). The van der Waals surface area contributed by atoms with Crippen molar-refractivity contribution in [1.29, 1.82) is 0 Å². The van der Waals surface area contributed by atoms with Crippen molar-refractivity contribution in [3.05, 3.63) is 18.6 Å². The maximum absolute atomic E-state index is 10.2. The number of anilines is 1. The molecule has 0 spiro atoms. The molecular weight excluding hydrogens is 300 g/mol. The highest BCUT2D eigenvalue weighted by atomic mass is 35.5. The van der Waals surface area contributed by atoms with E-state index in [1.165, 1.54) is 17.1 Å². The Kier molecular flexibility index (Phi) is 3.50. The molecule has 3 heterocycles. The third kappa shape index (κ3) is 1.99. The molecule has 21 heavy (non-hydrogen) atoms. The van der Waals surface area contributed by atoms with E-state index in [0.717, 1.165) is 0 Å². The van der Waals surface area contributed by atoms with Crippen molar-refractivity contribution < 1.29 is 20.1 Å². The van der Waals surface area contributed by atoms with Gasteiger partial charge < -0.3 is 25.8 Å². The summed E-state index contributed by atoms with van der Waals surface area (Å²) in [6.45, 7) is -0.520. The molecule has 0 saturated carbocycles. The van der Waals surface area contributed by atoms with Gasteiger partial charge in [-0.3, -0.25) is 4.57 Å². The molecule has 2 aromatic rings. The highest BCUT2D eigenvalue weighted by Crippen LogP contribution is 2.39. The average Bonchev–Trinajstić information content (AvgIpc) is 3.02. The number of nitrogens with zero attached hydrogens (tertiary/aromatic N) is 3. The number of imidazole rings is 1. The third-order valence-electron chi connectivity index (χ3n) is 3.77. The Labute approximate surface area is 124 Å². The van der Waals surface area contributed by atoms with Gasteiger partial charge in [0.15, 0.2) is 11.9 Å². The number of hydrogen-bond donors (Lipinski definition) is 4. The monoisotopic (exact) mass is 314 g/mol. The van der Waals surface area contributed by atoms with Crippen molar-refractivity contribution in [3.8, 4) is 0 Å². The summed E-state index contributed by atoms with van der Waals surface area (Å²) in [5.41, 5.74) is 5.70. The molecular formula is C12H15ClN4O4. The fourth-order valence-electron chi connectivity index (χ4n) is 2.49. The van der Waals surface area contributed by atoms with E-state index in [1.54, 1.807) is 6.07 Å². The molecule has 1 fully saturated rings. The van der Waals surface area contributed by atoms with Gasteiger partial charge in [0.1, 0.15) is 23.3 Å². The second-order valence-electron chi connectivity index (χ2n) is 5.02. The number of nitrogens with two attached hydrogens (primary N) is 1. The maximum Gasteiger partial charge on any atom is 0.166 e. The Morgan fingerprint density at radius 3 is 2.81 bits per heavy atom. The van der Waals surface area contributed by atoms with Crippen LogP contribution in [0.25, 0.3) is 11.2 Å². The first-order valence-corrected chi connectivity index (χ1v) is 6.85. The van der Waals surface area contributed by atoms with Gasteiger partial charge in [0.25, 0.3) is 0 Å². The quantitative estimate of drug-likeness (QED) is 0.548. The number of aliphatic hydroxyl groups is 3. The molecule has 2 aromatic heterocycles. The predicted octanol–water partition coefficient (Wildman–Crippen LogP) is -0.766. The molecule has 0 amide bonds. The summed E-state index contributed by atoms with van der Waals surface area (Å²) in [4.78, 5) is 8.29. The smallest absolute Gasteiger partial charge is 0.166 e. The Morgan fingerprint density at radius 2 is 2.19 bits per heavy atom. The van der Waals surface area contributed by atoms with E-state index >= 15 is 0 Å². The van der Waals surface area contributed by atoms with Gasteiger partial charge in [0, 0.05) is 6.20 Å². The van der Waals surface area contributed by atoms with Crippen LogP contribution >= 0.6 is 11.6 Å². The summed E-state index contributed by atoms with van der Waals surface area (Å²) in [7, 11) is 0. The molecule has 1 aliphatic rings. The number of aliphatic hydroxyl groups excluding tert-OH is 3. The zero-order chi connectivity index (χ0) is 15.2. The van der Waals surface area contributed by atoms with Crippen LogP contribution in [0, 0.1) is 0 Å². The van der Waals surface area contributed by atoms with Gasteiger partial charge in [0.2, 0.25) is 0 Å². The lowest BCUT2D eigenvalue weighted by atomic mass is 9.98. The zero-order valence-corrected chi connectivity index (χ0v) is 11.7. The third-order valence-corrected chi connectivity index (χ3v) is 4.22. The molecule has 0 aromatic carbocycles. The van der Waals surface area contributed by atoms with Crippen LogP contribution in [0.1, 0.15) is 6.23 Å². The minimum Gasteiger partial charge on any atom is -0.397 e. The zero-order valence-electron chi connectivity index (χ0n) is 10.9. The molecule has 1 aliphatic heterocycles. The first-order valence-electron chi connectivity index (χ1n) is 6.32. The highest BCUT2D eigenvalue weighted by molar-refractivity contribution is 6.18. The summed E-state index contributed by atoms with van der Waals surface area (Å²) in [6, 6.07) is 1.61. The van der Waals surface area contributed by atoms with Crippen LogP contribution < -0.4 is 5.73 Å². The number of ether oxygens (including phenoxy) is 1. The molecule has 114 valence electrons. The second-order valence-corrected chi connectivity index (χ2v) is 5.29. The van der Waals surface area contributed by atoms with Gasteiger partial charge in [-0.2, -0.15) is 0 Å². The number of halogens is 1. The standard InChI is InChI=1S/C12H15ClN4O4/c13-3-12(4-18)9(20)8(19)11(21-12)17-5-16-7-6(14)1-2-15-10(7)17/h1-2,5,8-9,11,18-20H,3-4H2,(H2,14,15)/t8-,9+,11-,12-/m1/s1. The van der Waals surface area contributed by atoms with E-state index in [1.807, 2.05) is 0 Å². The van der Waals surface area contributed by atoms with Crippen LogP contribution in [0.15, 0.2) is 18.6 Å². The van der Waals surface area contributed by atoms with Gasteiger partial charge in [-0.1, -0.05) is 0 Å². The first-order chi connectivity index (χ1) is 10.0. The van der Waals surface area contributed by atoms with E-state index in [-0.39, 0.29) is 5.88 Å². The minimum atomic E-state index is -1.43. The van der Waals surface area contributed by atoms with Crippen molar-refractivity contribution in [2.24, 2.45) is 0 Å². The highest BCUT2D eigenvalue weighted by Gasteiger charge is 2.54. The van der Waals surface area contributed by atoms with Crippen molar-refractivity contribution in [2.45, 2.75) is 24.0 Å². The minimum absolute atomic E-state index is 0.166. The lowest BCUT2D eigenvalue weighted by molar-refractivity contribution is -0.113. The number of nitrogen functional groups attached to an aromatic ring is 1. The predicted molar refractivity (Wildman–Crippen MR) is 74.6 cm³/mol. The van der Waals surface area contributed by atoms with Crippen LogP contribution in [0.2, 0.25) is 0 Å². The summed E-state index contributed by atoms with van der Waals surface area (Å²) in [5, 5.41) is 29.7. The Balaban J connectivity index is 2.06. The summed E-state index contributed by atoms with van der Waals surface area (Å²) < 4.78 is 7.09. The van der Waals surface area contributed by atoms with Crippen LogP contribution in [0.5, 0.6) is 0 Å². The van der Waals surface area contributed by atoms with Crippen molar-refractivity contribution in [1.82, 2.24) is 14.5 Å². The fraction of sp³-hybridized carbons (Fsp3) is 0.500. The van der Waals surface area contributed by atoms with Gasteiger partial charge in [-0.05, 0) is 6.07 Å². The summed E-state index contributed by atoms with van der Waals surface area (Å²) in [6.07, 6.45) is -0.657. The molecule has 0 aliphatic carbocycles. The average molecular weight is 315 g/mol. The molecule has 0 radical (unpaired) electrons. The number of aromatic nitrogens is 3. The Bertz CT molecular complexity index is 660. The lowest BCUT2D eigenvalue weighted by Gasteiger charge is -2.27. The molecule has 9 heteroatoms. The number of fused-ring (bicyclic) bond motifs is 1. The van der Waals surface area contributed by atoms with Crippen LogP contribution in [0.3, 0.4) is 0 Å². The fourth-order valence-corrected chi connectivity index (χ4v) is 2.80. The first kappa shape index (κ1) is 14.5. The van der Waals surface area contributed by atoms with E-state index < -0.39 is 30.6 Å². The van der Waals surface area contributed by atoms with Crippen LogP contribution in [-0.4, -0.2) is 60.2 Å². The molecule has 8 nitrogen and oxygen atoms in total. The topological polar surface area (TPSA) is 127 Å². The van der Waals surface area contributed by atoms with Crippen molar-refractivity contribution in [2.75, 3.05) is 18.2 Å². The molecule has 0 bridgehead atoms. The lowest BCUT2D eigenvalue weighted by Crippen LogP contribution is -2.47. The van der Waals surface area contributed by atoms with Crippen LogP contribution in [0.4, 0.5) is 5.69 Å². The number of pyridine rings is 1. The number of rotatable bonds is 3. The van der Waals surface area contributed by atoms with E-state index in [9.17, 15) is 15.3 Å². The van der Waals surface area contributed by atoms with Gasteiger partial charge in [-0.15, -0.1) is 11.6 Å². The van der Waals surface area contributed by atoms with E-state index in [0.29, 0.717) is 16.9 Å². The summed E-state index contributed by atoms with van der Waals surface area (Å²) >= 11 is 5.78. The van der Waals surface area contributed by atoms with E-state index in [2.05, 4.69) is 9.97 Å². The van der Waals surface area contributed by atoms with Crippen molar-refractivity contribution >= 4 is 28.5 Å². The Hall–Kier alpha value is -1.45. The molecule has 0 unspecified atom stereocenters. The van der Waals surface area contributed by atoms with Crippen molar-refractivity contribution in [3.63, 3.8) is 0 Å². The number of hydrogen-bond acceptors (Lipinski definition) is 7. The molecule has 5 N–H and O–H groups in total. The van der Waals surface area contributed by atoms with Crippen LogP contribution in [-0.2, 0) is 4.74 Å². The van der Waals surface area contributed by atoms with Gasteiger partial charge in [-0.25, -0.2) is 9.97 Å².